The largest absolute Gasteiger partial charge is 0.344 e. The molecular weight excluding hydrogens is 254 g/mol. The highest BCUT2D eigenvalue weighted by atomic mass is 32.2. The maximum atomic E-state index is 12.2. The van der Waals surface area contributed by atoms with Gasteiger partial charge in [0.05, 0.1) is 6.26 Å². The number of likely N-dealkylation sites (N-methyl/N-ethyl adjacent to an activating group) is 1. The number of hydrogen-bond donors (Lipinski definition) is 2. The van der Waals surface area contributed by atoms with E-state index in [2.05, 4.69) is 4.72 Å². The SMILES string of the molecule is CN(CC(C)(C)CN)C(=O)C(C)(C)NS(C)(=O)=O. The van der Waals surface area contributed by atoms with Crippen LogP contribution in [0.1, 0.15) is 27.7 Å². The molecule has 6 nitrogen and oxygen atoms in total. The first-order chi connectivity index (χ1) is 7.81. The molecule has 1 amide bonds. The van der Waals surface area contributed by atoms with Gasteiger partial charge in [-0.2, -0.15) is 0 Å². The van der Waals surface area contributed by atoms with Gasteiger partial charge in [0.2, 0.25) is 15.9 Å². The van der Waals surface area contributed by atoms with Crippen LogP contribution in [0.25, 0.3) is 0 Å². The molecule has 0 aliphatic carbocycles. The molecule has 0 aromatic carbocycles. The summed E-state index contributed by atoms with van der Waals surface area (Å²) >= 11 is 0. The summed E-state index contributed by atoms with van der Waals surface area (Å²) in [5.74, 6) is -0.283. The molecule has 18 heavy (non-hydrogen) atoms. The van der Waals surface area contributed by atoms with Crippen molar-refractivity contribution in [2.45, 2.75) is 33.2 Å². The highest BCUT2D eigenvalue weighted by Crippen LogP contribution is 2.17. The van der Waals surface area contributed by atoms with Gasteiger partial charge >= 0.3 is 0 Å². The number of nitrogens with one attached hydrogen (secondary N) is 1. The van der Waals surface area contributed by atoms with E-state index in [1.54, 1.807) is 20.9 Å². The summed E-state index contributed by atoms with van der Waals surface area (Å²) in [5.41, 5.74) is 4.25. The maximum absolute atomic E-state index is 12.2. The smallest absolute Gasteiger partial charge is 0.243 e. The van der Waals surface area contributed by atoms with Crippen molar-refractivity contribution in [1.29, 1.82) is 0 Å². The molecule has 3 N–H and O–H groups in total. The molecule has 0 radical (unpaired) electrons. The van der Waals surface area contributed by atoms with Crippen LogP contribution in [0.3, 0.4) is 0 Å². The van der Waals surface area contributed by atoms with Gasteiger partial charge in [-0.1, -0.05) is 13.8 Å². The van der Waals surface area contributed by atoms with Gasteiger partial charge < -0.3 is 10.6 Å². The first-order valence-electron chi connectivity index (χ1n) is 5.75. The van der Waals surface area contributed by atoms with Crippen molar-refractivity contribution in [3.05, 3.63) is 0 Å². The van der Waals surface area contributed by atoms with Crippen LogP contribution in [0.5, 0.6) is 0 Å². The van der Waals surface area contributed by atoms with Gasteiger partial charge in [-0.25, -0.2) is 13.1 Å². The Morgan fingerprint density at radius 1 is 1.28 bits per heavy atom. The molecule has 0 fully saturated rings. The van der Waals surface area contributed by atoms with Crippen LogP contribution < -0.4 is 10.5 Å². The normalized spacial score (nSPS) is 13.5. The van der Waals surface area contributed by atoms with E-state index in [9.17, 15) is 13.2 Å². The molecule has 0 unspecified atom stereocenters. The summed E-state index contributed by atoms with van der Waals surface area (Å²) < 4.78 is 24.8. The van der Waals surface area contributed by atoms with Gasteiger partial charge in [0.25, 0.3) is 0 Å². The third-order valence-electron chi connectivity index (χ3n) is 2.54. The van der Waals surface area contributed by atoms with Crippen molar-refractivity contribution >= 4 is 15.9 Å². The molecule has 0 aromatic rings. The van der Waals surface area contributed by atoms with E-state index >= 15 is 0 Å². The summed E-state index contributed by atoms with van der Waals surface area (Å²) in [5, 5.41) is 0. The predicted octanol–water partition coefficient (Wildman–Crippen LogP) is -0.242. The van der Waals surface area contributed by atoms with Crippen LogP contribution in [-0.4, -0.2) is 51.2 Å². The fraction of sp³-hybridized carbons (Fsp3) is 0.909. The van der Waals surface area contributed by atoms with E-state index in [1.165, 1.54) is 4.90 Å². The number of carbonyl (C=O) groups excluding carboxylic acids is 1. The van der Waals surface area contributed by atoms with E-state index in [1.807, 2.05) is 13.8 Å². The lowest BCUT2D eigenvalue weighted by Crippen LogP contribution is -2.56. The molecule has 0 aromatic heterocycles. The third-order valence-corrected chi connectivity index (χ3v) is 3.42. The van der Waals surface area contributed by atoms with Gasteiger partial charge in [-0.15, -0.1) is 0 Å². The van der Waals surface area contributed by atoms with E-state index in [0.717, 1.165) is 6.26 Å². The number of amides is 1. The van der Waals surface area contributed by atoms with E-state index in [0.29, 0.717) is 13.1 Å². The van der Waals surface area contributed by atoms with Crippen molar-refractivity contribution in [3.8, 4) is 0 Å². The molecule has 0 atom stereocenters. The molecule has 0 heterocycles. The topological polar surface area (TPSA) is 92.5 Å². The standard InChI is InChI=1S/C11H25N3O3S/c1-10(2,7-12)8-14(5)9(15)11(3,4)13-18(6,16)17/h13H,7-8,12H2,1-6H3. The molecule has 0 aliphatic heterocycles. The number of hydrogen-bond acceptors (Lipinski definition) is 4. The lowest BCUT2D eigenvalue weighted by atomic mass is 9.92. The van der Waals surface area contributed by atoms with Crippen molar-refractivity contribution in [3.63, 3.8) is 0 Å². The summed E-state index contributed by atoms with van der Waals surface area (Å²) in [7, 11) is -1.79. The second-order valence-corrected chi connectivity index (χ2v) is 7.78. The molecule has 0 saturated heterocycles. The Bertz CT molecular complexity index is 402. The summed E-state index contributed by atoms with van der Waals surface area (Å²) in [6.07, 6.45) is 1.03. The number of nitrogens with two attached hydrogens (primary N) is 1. The Morgan fingerprint density at radius 2 is 1.72 bits per heavy atom. The monoisotopic (exact) mass is 279 g/mol. The van der Waals surface area contributed by atoms with Crippen molar-refractivity contribution in [2.75, 3.05) is 26.4 Å². The van der Waals surface area contributed by atoms with Crippen molar-refractivity contribution in [1.82, 2.24) is 9.62 Å². The summed E-state index contributed by atoms with van der Waals surface area (Å²) in [4.78, 5) is 13.7. The van der Waals surface area contributed by atoms with Crippen LogP contribution in [0.4, 0.5) is 0 Å². The quantitative estimate of drug-likeness (QED) is 0.701. The number of rotatable bonds is 6. The van der Waals surface area contributed by atoms with Crippen LogP contribution in [0, 0.1) is 5.41 Å². The Kier molecular flexibility index (Phi) is 5.34. The second kappa shape index (κ2) is 5.54. The Morgan fingerprint density at radius 3 is 2.06 bits per heavy atom. The summed E-state index contributed by atoms with van der Waals surface area (Å²) in [6, 6.07) is 0. The lowest BCUT2D eigenvalue weighted by Gasteiger charge is -2.34. The zero-order chi connectivity index (χ0) is 14.8. The molecule has 7 heteroatoms. The Hall–Kier alpha value is -0.660. The minimum absolute atomic E-state index is 0.203. The minimum atomic E-state index is -3.43. The highest BCUT2D eigenvalue weighted by Gasteiger charge is 2.34. The fourth-order valence-electron chi connectivity index (χ4n) is 1.76. The van der Waals surface area contributed by atoms with E-state index < -0.39 is 15.6 Å². The second-order valence-electron chi connectivity index (χ2n) is 6.03. The van der Waals surface area contributed by atoms with Gasteiger partial charge in [-0.05, 0) is 25.8 Å². The fourth-order valence-corrected chi connectivity index (χ4v) is 2.78. The average Bonchev–Trinajstić information content (AvgIpc) is 2.12. The van der Waals surface area contributed by atoms with Crippen LogP contribution >= 0.6 is 0 Å². The van der Waals surface area contributed by atoms with E-state index in [4.69, 9.17) is 5.73 Å². The average molecular weight is 279 g/mol. The predicted molar refractivity (Wildman–Crippen MR) is 72.5 cm³/mol. The number of sulfonamides is 1. The Balaban J connectivity index is 4.84. The molecule has 0 spiro atoms. The minimum Gasteiger partial charge on any atom is -0.344 e. The Labute approximate surface area is 110 Å². The molecular formula is C11H25N3O3S. The van der Waals surface area contributed by atoms with Crippen LogP contribution in [0.2, 0.25) is 0 Å². The molecule has 0 bridgehead atoms. The first-order valence-corrected chi connectivity index (χ1v) is 7.64. The van der Waals surface area contributed by atoms with Crippen molar-refractivity contribution in [2.24, 2.45) is 11.1 Å². The molecule has 0 rings (SSSR count). The highest BCUT2D eigenvalue weighted by molar-refractivity contribution is 7.88. The lowest BCUT2D eigenvalue weighted by molar-refractivity contribution is -0.136. The van der Waals surface area contributed by atoms with Crippen molar-refractivity contribution < 1.29 is 13.2 Å². The number of carbonyl (C=O) groups is 1. The van der Waals surface area contributed by atoms with Gasteiger partial charge in [-0.3, -0.25) is 4.79 Å². The molecule has 108 valence electrons. The first kappa shape index (κ1) is 17.3. The zero-order valence-corrected chi connectivity index (χ0v) is 12.9. The van der Waals surface area contributed by atoms with Gasteiger partial charge in [0, 0.05) is 13.6 Å². The van der Waals surface area contributed by atoms with Gasteiger partial charge in [0.1, 0.15) is 5.54 Å². The van der Waals surface area contributed by atoms with E-state index in [-0.39, 0.29) is 11.3 Å². The van der Waals surface area contributed by atoms with Crippen LogP contribution in [-0.2, 0) is 14.8 Å². The molecule has 0 aliphatic rings. The maximum Gasteiger partial charge on any atom is 0.243 e. The van der Waals surface area contributed by atoms with Gasteiger partial charge in [0.15, 0.2) is 0 Å². The molecule has 0 saturated carbocycles. The third kappa shape index (κ3) is 5.79. The zero-order valence-electron chi connectivity index (χ0n) is 12.1. The van der Waals surface area contributed by atoms with Crippen LogP contribution in [0.15, 0.2) is 0 Å². The number of nitrogens with zero attached hydrogens (tertiary/aromatic N) is 1. The summed E-state index contributed by atoms with van der Waals surface area (Å²) in [6.45, 7) is 7.91.